The third-order valence-corrected chi connectivity index (χ3v) is 6.11. The summed E-state index contributed by atoms with van der Waals surface area (Å²) in [7, 11) is 0. The average Bonchev–Trinajstić information content (AvgIpc) is 3.41. The number of hydrogen-bond donors (Lipinski definition) is 1. The summed E-state index contributed by atoms with van der Waals surface area (Å²) in [6, 6.07) is 22.9. The van der Waals surface area contributed by atoms with Gasteiger partial charge in [0.25, 0.3) is 0 Å². The fraction of sp³-hybridized carbons (Fsp3) is 0.222. The van der Waals surface area contributed by atoms with E-state index in [4.69, 9.17) is 9.47 Å². The van der Waals surface area contributed by atoms with Crippen molar-refractivity contribution in [2.24, 2.45) is 0 Å². The van der Waals surface area contributed by atoms with Crippen molar-refractivity contribution in [1.29, 1.82) is 0 Å². The predicted molar refractivity (Wildman–Crippen MR) is 129 cm³/mol. The van der Waals surface area contributed by atoms with E-state index < -0.39 is 5.41 Å². The van der Waals surface area contributed by atoms with Crippen LogP contribution in [0.15, 0.2) is 85.2 Å². The number of anilines is 1. The minimum atomic E-state index is -0.595. The second kappa shape index (κ2) is 9.49. The van der Waals surface area contributed by atoms with Gasteiger partial charge in [-0.2, -0.15) is 4.98 Å². The number of amides is 1. The Morgan fingerprint density at radius 3 is 2.38 bits per heavy atom. The summed E-state index contributed by atoms with van der Waals surface area (Å²) in [4.78, 5) is 22.3. The maximum atomic E-state index is 13.4. The van der Waals surface area contributed by atoms with Crippen LogP contribution in [0.4, 0.5) is 5.69 Å². The van der Waals surface area contributed by atoms with Crippen LogP contribution in [0, 0.1) is 6.92 Å². The summed E-state index contributed by atoms with van der Waals surface area (Å²) in [5.74, 6) is 2.42. The SMILES string of the molecule is Cc1nc(Oc2ccc(NC(=O)C3(c4ccccc4)CCOCC3)cc2)cc(-n2cccc2)n1. The van der Waals surface area contributed by atoms with Crippen molar-refractivity contribution in [3.8, 4) is 17.4 Å². The number of carbonyl (C=O) groups excluding carboxylic acids is 1. The first-order chi connectivity index (χ1) is 16.6. The fourth-order valence-electron chi connectivity index (χ4n) is 4.30. The lowest BCUT2D eigenvalue weighted by Gasteiger charge is -2.36. The van der Waals surface area contributed by atoms with Crippen molar-refractivity contribution in [2.75, 3.05) is 18.5 Å². The molecular weight excluding hydrogens is 428 g/mol. The van der Waals surface area contributed by atoms with Crippen molar-refractivity contribution in [2.45, 2.75) is 25.2 Å². The van der Waals surface area contributed by atoms with Gasteiger partial charge < -0.3 is 19.4 Å². The Morgan fingerprint density at radius 2 is 1.68 bits per heavy atom. The Kier molecular flexibility index (Phi) is 6.10. The van der Waals surface area contributed by atoms with Crippen molar-refractivity contribution in [3.05, 3.63) is 96.6 Å². The third kappa shape index (κ3) is 4.56. The Bertz CT molecular complexity index is 1250. The van der Waals surface area contributed by atoms with Crippen LogP contribution in [-0.2, 0) is 14.9 Å². The lowest BCUT2D eigenvalue weighted by atomic mass is 9.73. The Labute approximate surface area is 198 Å². The summed E-state index contributed by atoms with van der Waals surface area (Å²) < 4.78 is 13.4. The van der Waals surface area contributed by atoms with Crippen LogP contribution < -0.4 is 10.1 Å². The molecule has 0 saturated carbocycles. The molecule has 0 atom stereocenters. The molecule has 34 heavy (non-hydrogen) atoms. The normalized spacial score (nSPS) is 15.0. The molecule has 1 saturated heterocycles. The van der Waals surface area contributed by atoms with Gasteiger partial charge in [0.1, 0.15) is 17.4 Å². The average molecular weight is 455 g/mol. The smallest absolute Gasteiger partial charge is 0.235 e. The zero-order chi connectivity index (χ0) is 23.4. The maximum Gasteiger partial charge on any atom is 0.235 e. The van der Waals surface area contributed by atoms with E-state index in [0.717, 1.165) is 11.4 Å². The van der Waals surface area contributed by atoms with E-state index in [1.807, 2.05) is 90.6 Å². The molecule has 7 heteroatoms. The fourth-order valence-corrected chi connectivity index (χ4v) is 4.30. The number of aromatic nitrogens is 3. The van der Waals surface area contributed by atoms with Crippen LogP contribution in [0.25, 0.3) is 5.82 Å². The predicted octanol–water partition coefficient (Wildman–Crippen LogP) is 5.05. The number of benzene rings is 2. The summed E-state index contributed by atoms with van der Waals surface area (Å²) >= 11 is 0. The van der Waals surface area contributed by atoms with Gasteiger partial charge in [-0.25, -0.2) is 4.98 Å². The van der Waals surface area contributed by atoms with Gasteiger partial charge in [-0.3, -0.25) is 4.79 Å². The number of nitrogens with zero attached hydrogens (tertiary/aromatic N) is 3. The summed E-state index contributed by atoms with van der Waals surface area (Å²) in [6.45, 7) is 2.97. The molecule has 2 aromatic carbocycles. The Balaban J connectivity index is 1.31. The summed E-state index contributed by atoms with van der Waals surface area (Å²) in [6.07, 6.45) is 5.15. The first kappa shape index (κ1) is 21.9. The molecule has 4 aromatic rings. The van der Waals surface area contributed by atoms with E-state index in [0.29, 0.717) is 49.2 Å². The zero-order valence-corrected chi connectivity index (χ0v) is 19.0. The van der Waals surface area contributed by atoms with Crippen molar-refractivity contribution < 1.29 is 14.3 Å². The number of ether oxygens (including phenoxy) is 2. The molecule has 7 nitrogen and oxygen atoms in total. The largest absolute Gasteiger partial charge is 0.439 e. The monoisotopic (exact) mass is 454 g/mol. The van der Waals surface area contributed by atoms with Crippen LogP contribution in [-0.4, -0.2) is 33.7 Å². The molecule has 1 amide bonds. The van der Waals surface area contributed by atoms with E-state index in [1.165, 1.54) is 0 Å². The molecule has 1 fully saturated rings. The van der Waals surface area contributed by atoms with Crippen molar-refractivity contribution in [3.63, 3.8) is 0 Å². The second-order valence-electron chi connectivity index (χ2n) is 8.34. The van der Waals surface area contributed by atoms with Crippen molar-refractivity contribution >= 4 is 11.6 Å². The highest BCUT2D eigenvalue weighted by Crippen LogP contribution is 2.36. The summed E-state index contributed by atoms with van der Waals surface area (Å²) in [5, 5.41) is 3.10. The Morgan fingerprint density at radius 1 is 0.971 bits per heavy atom. The van der Waals surface area contributed by atoms with Crippen LogP contribution >= 0.6 is 0 Å². The van der Waals surface area contributed by atoms with Crippen LogP contribution in [0.1, 0.15) is 24.2 Å². The minimum Gasteiger partial charge on any atom is -0.439 e. The van der Waals surface area contributed by atoms with Gasteiger partial charge in [-0.05, 0) is 61.7 Å². The number of hydrogen-bond acceptors (Lipinski definition) is 5. The van der Waals surface area contributed by atoms with Crippen LogP contribution in [0.3, 0.4) is 0 Å². The topological polar surface area (TPSA) is 78.3 Å². The van der Waals surface area contributed by atoms with E-state index in [2.05, 4.69) is 15.3 Å². The molecule has 0 aliphatic carbocycles. The Hall–Kier alpha value is -3.97. The first-order valence-corrected chi connectivity index (χ1v) is 11.3. The van der Waals surface area contributed by atoms with Gasteiger partial charge in [0, 0.05) is 37.4 Å². The highest BCUT2D eigenvalue weighted by molar-refractivity contribution is 5.99. The minimum absolute atomic E-state index is 0.0153. The van der Waals surface area contributed by atoms with E-state index in [1.54, 1.807) is 6.07 Å². The second-order valence-corrected chi connectivity index (χ2v) is 8.34. The highest BCUT2D eigenvalue weighted by Gasteiger charge is 2.41. The van der Waals surface area contributed by atoms with E-state index in [-0.39, 0.29) is 5.91 Å². The molecule has 0 unspecified atom stereocenters. The number of aryl methyl sites for hydroxylation is 1. The molecule has 1 aliphatic rings. The molecule has 2 aromatic heterocycles. The van der Waals surface area contributed by atoms with Gasteiger partial charge in [0.2, 0.25) is 11.8 Å². The maximum absolute atomic E-state index is 13.4. The molecule has 5 rings (SSSR count). The third-order valence-electron chi connectivity index (χ3n) is 6.11. The molecule has 0 radical (unpaired) electrons. The number of carbonyl (C=O) groups is 1. The van der Waals surface area contributed by atoms with Crippen LogP contribution in [0.2, 0.25) is 0 Å². The standard InChI is InChI=1S/C27H26N4O3/c1-20-28-24(31-15-5-6-16-31)19-25(29-20)34-23-11-9-22(10-12-23)30-26(32)27(13-17-33-18-14-27)21-7-3-2-4-8-21/h2-12,15-16,19H,13-14,17-18H2,1H3,(H,30,32). The van der Waals surface area contributed by atoms with Gasteiger partial charge in [0.05, 0.1) is 5.41 Å². The lowest BCUT2D eigenvalue weighted by molar-refractivity contribution is -0.125. The molecule has 172 valence electrons. The van der Waals surface area contributed by atoms with E-state index in [9.17, 15) is 4.79 Å². The molecular formula is C27H26N4O3. The van der Waals surface area contributed by atoms with Crippen molar-refractivity contribution in [1.82, 2.24) is 14.5 Å². The number of rotatable bonds is 6. The van der Waals surface area contributed by atoms with Gasteiger partial charge in [-0.1, -0.05) is 30.3 Å². The zero-order valence-electron chi connectivity index (χ0n) is 19.0. The van der Waals surface area contributed by atoms with Gasteiger partial charge in [0.15, 0.2) is 0 Å². The molecule has 0 spiro atoms. The highest BCUT2D eigenvalue weighted by atomic mass is 16.5. The first-order valence-electron chi connectivity index (χ1n) is 11.3. The quantitative estimate of drug-likeness (QED) is 0.441. The molecule has 3 heterocycles. The van der Waals surface area contributed by atoms with Crippen LogP contribution in [0.5, 0.6) is 11.6 Å². The van der Waals surface area contributed by atoms with Gasteiger partial charge >= 0.3 is 0 Å². The van der Waals surface area contributed by atoms with Gasteiger partial charge in [-0.15, -0.1) is 0 Å². The van der Waals surface area contributed by atoms with E-state index >= 15 is 0 Å². The molecule has 0 bridgehead atoms. The number of nitrogens with one attached hydrogen (secondary N) is 1. The molecule has 1 N–H and O–H groups in total. The molecule has 1 aliphatic heterocycles. The lowest BCUT2D eigenvalue weighted by Crippen LogP contribution is -2.44. The summed E-state index contributed by atoms with van der Waals surface area (Å²) in [5.41, 5.74) is 1.14.